The monoisotopic (exact) mass is 281 g/mol. The summed E-state index contributed by atoms with van der Waals surface area (Å²) in [5.74, 6) is -1.63. The van der Waals surface area contributed by atoms with Crippen molar-refractivity contribution in [3.8, 4) is 5.75 Å². The number of hydrogen-bond acceptors (Lipinski definition) is 4. The summed E-state index contributed by atoms with van der Waals surface area (Å²) in [4.78, 5) is 21.5. The van der Waals surface area contributed by atoms with Crippen LogP contribution in [0.3, 0.4) is 0 Å². The molecule has 3 N–H and O–H groups in total. The minimum atomic E-state index is -1.18. The SMILES string of the molecule is CC(C)Oc1cccc(CNC(CC(=O)O)C(=O)O)c1. The van der Waals surface area contributed by atoms with Crippen LogP contribution >= 0.6 is 0 Å². The topological polar surface area (TPSA) is 95.9 Å². The van der Waals surface area contributed by atoms with Crippen molar-refractivity contribution in [3.05, 3.63) is 29.8 Å². The normalized spacial score (nSPS) is 12.2. The van der Waals surface area contributed by atoms with Crippen molar-refractivity contribution < 1.29 is 24.5 Å². The van der Waals surface area contributed by atoms with Crippen molar-refractivity contribution >= 4 is 11.9 Å². The Hall–Kier alpha value is -2.08. The molecule has 0 spiro atoms. The predicted octanol–water partition coefficient (Wildman–Crippen LogP) is 1.49. The number of ether oxygens (including phenoxy) is 1. The van der Waals surface area contributed by atoms with Crippen LogP contribution in [0.2, 0.25) is 0 Å². The second-order valence-electron chi connectivity index (χ2n) is 4.68. The molecule has 1 unspecified atom stereocenters. The fourth-order valence-electron chi connectivity index (χ4n) is 1.66. The Labute approximate surface area is 117 Å². The molecule has 0 radical (unpaired) electrons. The maximum absolute atomic E-state index is 10.9. The van der Waals surface area contributed by atoms with Crippen LogP contribution < -0.4 is 10.1 Å². The average molecular weight is 281 g/mol. The van der Waals surface area contributed by atoms with Crippen LogP contribution in [0.1, 0.15) is 25.8 Å². The Balaban J connectivity index is 2.63. The average Bonchev–Trinajstić information content (AvgIpc) is 2.33. The molecule has 0 saturated carbocycles. The van der Waals surface area contributed by atoms with E-state index in [9.17, 15) is 9.59 Å². The zero-order valence-corrected chi connectivity index (χ0v) is 11.5. The highest BCUT2D eigenvalue weighted by Gasteiger charge is 2.20. The molecule has 0 heterocycles. The molecule has 110 valence electrons. The molecule has 6 heteroatoms. The molecule has 0 amide bonds. The van der Waals surface area contributed by atoms with Gasteiger partial charge in [0.15, 0.2) is 0 Å². The summed E-state index contributed by atoms with van der Waals surface area (Å²) >= 11 is 0. The van der Waals surface area contributed by atoms with Gasteiger partial charge < -0.3 is 14.9 Å². The van der Waals surface area contributed by atoms with E-state index in [0.717, 1.165) is 5.56 Å². The van der Waals surface area contributed by atoms with Gasteiger partial charge in [0, 0.05) is 6.54 Å². The Morgan fingerprint density at radius 1 is 1.30 bits per heavy atom. The van der Waals surface area contributed by atoms with Crippen molar-refractivity contribution in [3.63, 3.8) is 0 Å². The van der Waals surface area contributed by atoms with Crippen molar-refractivity contribution in [2.75, 3.05) is 0 Å². The lowest BCUT2D eigenvalue weighted by Gasteiger charge is -2.14. The Morgan fingerprint density at radius 2 is 2.00 bits per heavy atom. The minimum Gasteiger partial charge on any atom is -0.491 e. The maximum Gasteiger partial charge on any atom is 0.321 e. The second kappa shape index (κ2) is 7.49. The number of carbonyl (C=O) groups is 2. The third-order valence-corrected chi connectivity index (χ3v) is 2.50. The number of nitrogens with one attached hydrogen (secondary N) is 1. The fourth-order valence-corrected chi connectivity index (χ4v) is 1.66. The van der Waals surface area contributed by atoms with Gasteiger partial charge in [0.2, 0.25) is 0 Å². The Bertz CT molecular complexity index is 472. The van der Waals surface area contributed by atoms with Crippen LogP contribution in [0.4, 0.5) is 0 Å². The molecule has 0 fully saturated rings. The van der Waals surface area contributed by atoms with Gasteiger partial charge in [0.05, 0.1) is 12.5 Å². The van der Waals surface area contributed by atoms with Gasteiger partial charge in [-0.1, -0.05) is 12.1 Å². The molecule has 0 aliphatic carbocycles. The number of carboxylic acids is 2. The van der Waals surface area contributed by atoms with Crippen molar-refractivity contribution in [1.29, 1.82) is 0 Å². The smallest absolute Gasteiger partial charge is 0.321 e. The fraction of sp³-hybridized carbons (Fsp3) is 0.429. The first-order chi connectivity index (χ1) is 9.38. The minimum absolute atomic E-state index is 0.0528. The van der Waals surface area contributed by atoms with E-state index < -0.39 is 24.4 Å². The van der Waals surface area contributed by atoms with Gasteiger partial charge in [-0.15, -0.1) is 0 Å². The van der Waals surface area contributed by atoms with Crippen molar-refractivity contribution in [2.24, 2.45) is 0 Å². The van der Waals surface area contributed by atoms with Gasteiger partial charge in [-0.3, -0.25) is 14.9 Å². The number of aliphatic carboxylic acids is 2. The highest BCUT2D eigenvalue weighted by atomic mass is 16.5. The van der Waals surface area contributed by atoms with Gasteiger partial charge in [-0.2, -0.15) is 0 Å². The quantitative estimate of drug-likeness (QED) is 0.668. The molecule has 1 atom stereocenters. The molecule has 0 aliphatic heterocycles. The lowest BCUT2D eigenvalue weighted by Crippen LogP contribution is -2.38. The zero-order chi connectivity index (χ0) is 15.1. The maximum atomic E-state index is 10.9. The largest absolute Gasteiger partial charge is 0.491 e. The first kappa shape index (κ1) is 16.0. The van der Waals surface area contributed by atoms with E-state index >= 15 is 0 Å². The lowest BCUT2D eigenvalue weighted by atomic mass is 10.1. The van der Waals surface area contributed by atoms with Gasteiger partial charge in [-0.25, -0.2) is 0 Å². The van der Waals surface area contributed by atoms with Crippen LogP contribution in [0.25, 0.3) is 0 Å². The standard InChI is InChI=1S/C14H19NO5/c1-9(2)20-11-5-3-4-10(6-11)8-15-12(14(18)19)7-13(16)17/h3-6,9,12,15H,7-8H2,1-2H3,(H,16,17)(H,18,19). The molecule has 0 aliphatic rings. The number of rotatable bonds is 8. The van der Waals surface area contributed by atoms with E-state index in [-0.39, 0.29) is 12.6 Å². The van der Waals surface area contributed by atoms with E-state index in [0.29, 0.717) is 5.75 Å². The lowest BCUT2D eigenvalue weighted by molar-refractivity contribution is -0.146. The summed E-state index contributed by atoms with van der Waals surface area (Å²) in [7, 11) is 0. The summed E-state index contributed by atoms with van der Waals surface area (Å²) in [6.45, 7) is 4.09. The predicted molar refractivity (Wildman–Crippen MR) is 72.7 cm³/mol. The van der Waals surface area contributed by atoms with Crippen LogP contribution in [-0.2, 0) is 16.1 Å². The van der Waals surface area contributed by atoms with E-state index in [1.165, 1.54) is 0 Å². The van der Waals surface area contributed by atoms with Crippen molar-refractivity contribution in [2.45, 2.75) is 39.0 Å². The van der Waals surface area contributed by atoms with E-state index in [4.69, 9.17) is 14.9 Å². The summed E-state index contributed by atoms with van der Waals surface area (Å²) < 4.78 is 5.54. The Kier molecular flexibility index (Phi) is 5.99. The van der Waals surface area contributed by atoms with Gasteiger partial charge in [0.1, 0.15) is 11.8 Å². The highest BCUT2D eigenvalue weighted by molar-refractivity contribution is 5.80. The summed E-state index contributed by atoms with van der Waals surface area (Å²) in [5, 5.41) is 20.3. The van der Waals surface area contributed by atoms with E-state index in [1.54, 1.807) is 6.07 Å². The summed E-state index contributed by atoms with van der Waals surface area (Å²) in [6, 6.07) is 6.13. The van der Waals surface area contributed by atoms with E-state index in [2.05, 4.69) is 5.32 Å². The molecule has 20 heavy (non-hydrogen) atoms. The van der Waals surface area contributed by atoms with Crippen LogP contribution in [0, 0.1) is 0 Å². The molecular formula is C14H19NO5. The van der Waals surface area contributed by atoms with Crippen molar-refractivity contribution in [1.82, 2.24) is 5.32 Å². The molecule has 1 rings (SSSR count). The zero-order valence-electron chi connectivity index (χ0n) is 11.5. The molecule has 0 saturated heterocycles. The van der Waals surface area contributed by atoms with E-state index in [1.807, 2.05) is 32.0 Å². The van der Waals surface area contributed by atoms with Crippen LogP contribution in [0.5, 0.6) is 5.75 Å². The molecule has 0 aromatic heterocycles. The third kappa shape index (κ3) is 5.71. The molecular weight excluding hydrogens is 262 g/mol. The molecule has 1 aromatic carbocycles. The van der Waals surface area contributed by atoms with Crippen LogP contribution in [-0.4, -0.2) is 34.3 Å². The van der Waals surface area contributed by atoms with Crippen LogP contribution in [0.15, 0.2) is 24.3 Å². The Morgan fingerprint density at radius 3 is 2.55 bits per heavy atom. The summed E-state index contributed by atoms with van der Waals surface area (Å²) in [5.41, 5.74) is 0.833. The number of benzene rings is 1. The third-order valence-electron chi connectivity index (χ3n) is 2.50. The van der Waals surface area contributed by atoms with Gasteiger partial charge in [-0.05, 0) is 31.5 Å². The number of carboxylic acid groups (broad SMARTS) is 2. The first-order valence-corrected chi connectivity index (χ1v) is 6.32. The summed E-state index contributed by atoms with van der Waals surface area (Å²) in [6.07, 6.45) is -0.408. The molecule has 1 aromatic rings. The number of hydrogen-bond donors (Lipinski definition) is 3. The molecule has 6 nitrogen and oxygen atoms in total. The second-order valence-corrected chi connectivity index (χ2v) is 4.68. The van der Waals surface area contributed by atoms with Gasteiger partial charge in [0.25, 0.3) is 0 Å². The first-order valence-electron chi connectivity index (χ1n) is 6.32. The molecule has 0 bridgehead atoms. The highest BCUT2D eigenvalue weighted by Crippen LogP contribution is 2.15. The van der Waals surface area contributed by atoms with Gasteiger partial charge >= 0.3 is 11.9 Å².